The van der Waals surface area contributed by atoms with E-state index in [0.717, 1.165) is 24.2 Å². The number of aromatic hydroxyl groups is 1. The zero-order valence-electron chi connectivity index (χ0n) is 27.9. The first-order valence-electron chi connectivity index (χ1n) is 17.7. The molecule has 0 radical (unpaired) electrons. The molecule has 51 heavy (non-hydrogen) atoms. The van der Waals surface area contributed by atoms with Gasteiger partial charge in [-0.25, -0.2) is 8.78 Å². The van der Waals surface area contributed by atoms with Crippen LogP contribution in [-0.2, 0) is 0 Å². The standard InChI is InChI=1S/C40H36F2N6O3/c1-2-22-6-5-7-23-12-28(49)13-30(33(22)23)35-34(42)36-31(16-43-35)38(47-18-26-10-11-27(19-47)44-26)46-39(45-36)51-21-40-14-24-20-50-32-9-4-3-8-29(32)37(24)48(40)17-25(41)15-40/h1,3-9,12-13,16,24-27,37,44,49H,10-11,14-15,17-21H2/t24?,25-,26-,27+,37?,40?/m1/s1. The molecule has 258 valence electrons. The van der Waals surface area contributed by atoms with Crippen molar-refractivity contribution in [3.05, 3.63) is 77.7 Å². The van der Waals surface area contributed by atoms with E-state index in [1.165, 1.54) is 6.07 Å². The van der Waals surface area contributed by atoms with Gasteiger partial charge in [-0.05, 0) is 48.9 Å². The second kappa shape index (κ2) is 11.5. The summed E-state index contributed by atoms with van der Waals surface area (Å²) in [5.41, 5.74) is 1.50. The van der Waals surface area contributed by atoms with Gasteiger partial charge in [-0.15, -0.1) is 6.42 Å². The number of para-hydroxylation sites is 1. The first-order valence-corrected chi connectivity index (χ1v) is 17.7. The average molecular weight is 687 g/mol. The number of phenols is 1. The van der Waals surface area contributed by atoms with Gasteiger partial charge in [0.25, 0.3) is 0 Å². The van der Waals surface area contributed by atoms with Crippen LogP contribution < -0.4 is 19.7 Å². The zero-order chi connectivity index (χ0) is 34.4. The van der Waals surface area contributed by atoms with Crippen LogP contribution in [0.3, 0.4) is 0 Å². The Morgan fingerprint density at radius 1 is 1.06 bits per heavy atom. The summed E-state index contributed by atoms with van der Waals surface area (Å²) in [5.74, 6) is 3.59. The third-order valence-corrected chi connectivity index (χ3v) is 11.7. The molecule has 4 saturated heterocycles. The Labute approximate surface area is 293 Å². The number of pyridine rings is 1. The van der Waals surface area contributed by atoms with Crippen molar-refractivity contribution in [1.29, 1.82) is 0 Å². The number of aromatic nitrogens is 3. The van der Waals surface area contributed by atoms with E-state index in [2.05, 4.69) is 32.1 Å². The SMILES string of the molecule is C#Cc1cccc2cc(O)cc(-c3ncc4c(N5C[C@H]6CC[C@@H](C5)N6)nc(OCC56CC7COc8ccccc8C7N5C[C@H](F)C6)nc4c3F)c12. The molecule has 2 N–H and O–H groups in total. The highest BCUT2D eigenvalue weighted by Gasteiger charge is 2.59. The summed E-state index contributed by atoms with van der Waals surface area (Å²) in [5, 5.41) is 16.1. The molecule has 6 atom stereocenters. The Kier molecular flexibility index (Phi) is 6.92. The van der Waals surface area contributed by atoms with Crippen molar-refractivity contribution in [2.75, 3.05) is 37.7 Å². The number of fused-ring (bicyclic) bond motifs is 9. The summed E-state index contributed by atoms with van der Waals surface area (Å²) in [7, 11) is 0. The Morgan fingerprint density at radius 3 is 2.75 bits per heavy atom. The molecule has 7 heterocycles. The minimum Gasteiger partial charge on any atom is -0.508 e. The lowest BCUT2D eigenvalue weighted by Crippen LogP contribution is -2.51. The summed E-state index contributed by atoms with van der Waals surface area (Å²) in [6.07, 6.45) is 9.63. The van der Waals surface area contributed by atoms with E-state index < -0.39 is 17.5 Å². The fourth-order valence-electron chi connectivity index (χ4n) is 9.69. The van der Waals surface area contributed by atoms with Gasteiger partial charge in [0.1, 0.15) is 41.3 Å². The van der Waals surface area contributed by atoms with Crippen molar-refractivity contribution in [3.63, 3.8) is 0 Å². The Hall–Kier alpha value is -5.05. The number of ether oxygens (including phenoxy) is 2. The van der Waals surface area contributed by atoms with Crippen molar-refractivity contribution in [2.45, 2.75) is 55.5 Å². The van der Waals surface area contributed by atoms with Crippen molar-refractivity contribution >= 4 is 27.5 Å². The molecule has 3 unspecified atom stereocenters. The number of nitrogens with zero attached hydrogens (tertiary/aromatic N) is 5. The molecule has 5 aliphatic rings. The van der Waals surface area contributed by atoms with Crippen molar-refractivity contribution in [1.82, 2.24) is 25.2 Å². The van der Waals surface area contributed by atoms with E-state index in [1.54, 1.807) is 24.4 Å². The lowest BCUT2D eigenvalue weighted by Gasteiger charge is -2.36. The number of terminal acetylenes is 1. The van der Waals surface area contributed by atoms with Gasteiger partial charge in [-0.1, -0.05) is 36.3 Å². The van der Waals surface area contributed by atoms with Crippen LogP contribution in [-0.4, -0.2) is 81.6 Å². The number of hydrogen-bond donors (Lipinski definition) is 2. The number of hydrogen-bond acceptors (Lipinski definition) is 9. The molecular formula is C40H36F2N6O3. The summed E-state index contributed by atoms with van der Waals surface area (Å²) in [6.45, 7) is 2.44. The number of benzene rings is 3. The highest BCUT2D eigenvalue weighted by atomic mass is 19.1. The maximum absolute atomic E-state index is 17.0. The molecular weight excluding hydrogens is 650 g/mol. The maximum atomic E-state index is 17.0. The van der Waals surface area contributed by atoms with E-state index in [-0.39, 0.29) is 41.5 Å². The minimum atomic E-state index is -0.995. The van der Waals surface area contributed by atoms with E-state index in [1.807, 2.05) is 24.3 Å². The van der Waals surface area contributed by atoms with Gasteiger partial charge < -0.3 is 24.8 Å². The van der Waals surface area contributed by atoms with Crippen molar-refractivity contribution < 1.29 is 23.4 Å². The van der Waals surface area contributed by atoms with Crippen LogP contribution in [0.4, 0.5) is 14.6 Å². The number of rotatable bonds is 5. The summed E-state index contributed by atoms with van der Waals surface area (Å²) in [6, 6.07) is 17.2. The van der Waals surface area contributed by atoms with Gasteiger partial charge in [-0.2, -0.15) is 9.97 Å². The molecule has 2 bridgehead atoms. The second-order valence-corrected chi connectivity index (χ2v) is 14.8. The molecule has 0 aliphatic carbocycles. The maximum Gasteiger partial charge on any atom is 0.319 e. The molecule has 10 rings (SSSR count). The normalized spacial score (nSPS) is 27.9. The molecule has 9 nitrogen and oxygen atoms in total. The Morgan fingerprint density at radius 2 is 1.90 bits per heavy atom. The topological polar surface area (TPSA) is 95.9 Å². The van der Waals surface area contributed by atoms with Gasteiger partial charge in [0.2, 0.25) is 0 Å². The van der Waals surface area contributed by atoms with Crippen LogP contribution in [0.15, 0.2) is 60.8 Å². The first kappa shape index (κ1) is 30.7. The highest BCUT2D eigenvalue weighted by molar-refractivity contribution is 6.02. The van der Waals surface area contributed by atoms with Crippen LogP contribution in [0.5, 0.6) is 17.5 Å². The minimum absolute atomic E-state index is 0.0152. The molecule has 5 aliphatic heterocycles. The molecule has 3 aromatic carbocycles. The Balaban J connectivity index is 1.08. The van der Waals surface area contributed by atoms with Crippen LogP contribution in [0.2, 0.25) is 0 Å². The molecule has 2 aromatic heterocycles. The van der Waals surface area contributed by atoms with E-state index in [0.29, 0.717) is 84.3 Å². The van der Waals surface area contributed by atoms with Crippen LogP contribution in [0.25, 0.3) is 32.9 Å². The number of alkyl halides is 1. The van der Waals surface area contributed by atoms with Crippen LogP contribution in [0, 0.1) is 24.1 Å². The summed E-state index contributed by atoms with van der Waals surface area (Å²) >= 11 is 0. The predicted molar refractivity (Wildman–Crippen MR) is 189 cm³/mol. The molecule has 0 spiro atoms. The van der Waals surface area contributed by atoms with E-state index in [9.17, 15) is 5.11 Å². The monoisotopic (exact) mass is 686 g/mol. The number of nitrogens with one attached hydrogen (secondary N) is 1. The molecule has 4 fully saturated rings. The molecule has 0 saturated carbocycles. The molecule has 5 aromatic rings. The average Bonchev–Trinajstić information content (AvgIpc) is 3.76. The molecule has 0 amide bonds. The number of phenolic OH excluding ortho intramolecular Hbond substituents is 1. The van der Waals surface area contributed by atoms with Gasteiger partial charge in [0.05, 0.1) is 17.5 Å². The Bertz CT molecular complexity index is 2270. The van der Waals surface area contributed by atoms with E-state index in [4.69, 9.17) is 25.9 Å². The van der Waals surface area contributed by atoms with Crippen LogP contribution in [0.1, 0.15) is 42.9 Å². The first-order chi connectivity index (χ1) is 24.9. The lowest BCUT2D eigenvalue weighted by molar-refractivity contribution is 0.0777. The van der Waals surface area contributed by atoms with Gasteiger partial charge in [0.15, 0.2) is 5.82 Å². The highest BCUT2D eigenvalue weighted by Crippen LogP contribution is 2.56. The third kappa shape index (κ3) is 4.84. The fourth-order valence-corrected chi connectivity index (χ4v) is 9.69. The van der Waals surface area contributed by atoms with Crippen molar-refractivity contribution in [3.8, 4) is 41.1 Å². The number of halogens is 2. The van der Waals surface area contributed by atoms with Crippen molar-refractivity contribution in [2.24, 2.45) is 5.92 Å². The van der Waals surface area contributed by atoms with Gasteiger partial charge >= 0.3 is 6.01 Å². The summed E-state index contributed by atoms with van der Waals surface area (Å²) in [4.78, 5) is 18.7. The summed E-state index contributed by atoms with van der Waals surface area (Å²) < 4.78 is 45.0. The number of anilines is 1. The number of piperazine rings is 1. The lowest BCUT2D eigenvalue weighted by atomic mass is 9.86. The van der Waals surface area contributed by atoms with E-state index >= 15 is 8.78 Å². The molecule has 11 heteroatoms. The van der Waals surface area contributed by atoms with Gasteiger partial charge in [0, 0.05) is 78.4 Å². The smallest absolute Gasteiger partial charge is 0.319 e. The predicted octanol–water partition coefficient (Wildman–Crippen LogP) is 5.93. The second-order valence-electron chi connectivity index (χ2n) is 14.8. The zero-order valence-corrected chi connectivity index (χ0v) is 27.9. The quantitative estimate of drug-likeness (QED) is 0.218. The van der Waals surface area contributed by atoms with Crippen LogP contribution >= 0.6 is 0 Å². The van der Waals surface area contributed by atoms with Gasteiger partial charge in [-0.3, -0.25) is 9.88 Å². The third-order valence-electron chi connectivity index (χ3n) is 11.7. The largest absolute Gasteiger partial charge is 0.508 e. The fraction of sp³-hybridized carbons (Fsp3) is 0.375.